The molecule has 3 aromatic rings. The topological polar surface area (TPSA) is 63.7 Å². The van der Waals surface area contributed by atoms with Gasteiger partial charge in [-0.1, -0.05) is 19.1 Å². The van der Waals surface area contributed by atoms with Crippen LogP contribution in [0.2, 0.25) is 0 Å². The van der Waals surface area contributed by atoms with Crippen LogP contribution >= 0.6 is 0 Å². The summed E-state index contributed by atoms with van der Waals surface area (Å²) >= 11 is 0. The van der Waals surface area contributed by atoms with Crippen LogP contribution in [0.3, 0.4) is 0 Å². The lowest BCUT2D eigenvalue weighted by Crippen LogP contribution is -2.26. The smallest absolute Gasteiger partial charge is 0.214 e. The van der Waals surface area contributed by atoms with Gasteiger partial charge in [-0.2, -0.15) is 0 Å². The Morgan fingerprint density at radius 3 is 2.45 bits per heavy atom. The molecule has 7 heteroatoms. The molecule has 0 fully saturated rings. The standard InChI is InChI=1S/C24H20FNO4S/c1-3-16-5-4-6-19(13-16)26-15-23(24(27)17-7-10-20(30-2)11-8-17)31(28,29)22-12-9-18(25)14-21(22)26/h4-15H,3H2,1-2H3. The fourth-order valence-corrected chi connectivity index (χ4v) is 5.01. The molecule has 158 valence electrons. The molecular weight excluding hydrogens is 417 g/mol. The molecule has 4 rings (SSSR count). The summed E-state index contributed by atoms with van der Waals surface area (Å²) in [7, 11) is -2.64. The van der Waals surface area contributed by atoms with Crippen molar-refractivity contribution in [2.45, 2.75) is 18.2 Å². The lowest BCUT2D eigenvalue weighted by Gasteiger charge is -2.29. The number of carbonyl (C=O) groups excluding carboxylic acids is 1. The van der Waals surface area contributed by atoms with E-state index in [-0.39, 0.29) is 21.1 Å². The molecule has 0 N–H and O–H groups in total. The number of hydrogen-bond donors (Lipinski definition) is 0. The zero-order chi connectivity index (χ0) is 22.2. The molecule has 0 aliphatic carbocycles. The third-order valence-corrected chi connectivity index (χ3v) is 6.97. The molecule has 0 aromatic heterocycles. The van der Waals surface area contributed by atoms with Crippen LogP contribution in [0.5, 0.6) is 5.75 Å². The van der Waals surface area contributed by atoms with Crippen molar-refractivity contribution >= 4 is 27.0 Å². The molecule has 0 saturated heterocycles. The van der Waals surface area contributed by atoms with E-state index < -0.39 is 21.4 Å². The summed E-state index contributed by atoms with van der Waals surface area (Å²) in [5.41, 5.74) is 2.05. The van der Waals surface area contributed by atoms with Gasteiger partial charge in [0.1, 0.15) is 16.5 Å². The van der Waals surface area contributed by atoms with E-state index in [1.165, 1.54) is 31.5 Å². The van der Waals surface area contributed by atoms with E-state index in [2.05, 4.69) is 0 Å². The van der Waals surface area contributed by atoms with Gasteiger partial charge < -0.3 is 9.64 Å². The summed E-state index contributed by atoms with van der Waals surface area (Å²) < 4.78 is 45.7. The number of anilines is 2. The van der Waals surface area contributed by atoms with E-state index in [1.54, 1.807) is 23.1 Å². The van der Waals surface area contributed by atoms with Crippen molar-refractivity contribution in [3.63, 3.8) is 0 Å². The van der Waals surface area contributed by atoms with Crippen molar-refractivity contribution in [1.82, 2.24) is 0 Å². The zero-order valence-electron chi connectivity index (χ0n) is 17.0. The fourth-order valence-electron chi connectivity index (χ4n) is 3.49. The molecule has 1 aliphatic rings. The maximum absolute atomic E-state index is 14.1. The van der Waals surface area contributed by atoms with Crippen molar-refractivity contribution in [1.29, 1.82) is 0 Å². The van der Waals surface area contributed by atoms with Gasteiger partial charge in [0.05, 0.1) is 17.7 Å². The van der Waals surface area contributed by atoms with Gasteiger partial charge in [0.25, 0.3) is 0 Å². The highest BCUT2D eigenvalue weighted by molar-refractivity contribution is 7.96. The van der Waals surface area contributed by atoms with Crippen LogP contribution in [0, 0.1) is 5.82 Å². The number of nitrogens with zero attached hydrogens (tertiary/aromatic N) is 1. The number of ether oxygens (including phenoxy) is 1. The molecule has 1 aliphatic heterocycles. The van der Waals surface area contributed by atoms with E-state index in [0.29, 0.717) is 11.4 Å². The predicted octanol–water partition coefficient (Wildman–Crippen LogP) is 5.05. The van der Waals surface area contributed by atoms with Crippen molar-refractivity contribution in [2.24, 2.45) is 0 Å². The van der Waals surface area contributed by atoms with E-state index in [1.807, 2.05) is 25.1 Å². The molecule has 0 spiro atoms. The molecule has 0 unspecified atom stereocenters. The van der Waals surface area contributed by atoms with Crippen molar-refractivity contribution < 1.29 is 22.3 Å². The van der Waals surface area contributed by atoms with Crippen LogP contribution in [-0.2, 0) is 16.3 Å². The number of carbonyl (C=O) groups is 1. The van der Waals surface area contributed by atoms with Crippen molar-refractivity contribution in [3.8, 4) is 5.75 Å². The average molecular weight is 437 g/mol. The summed E-state index contributed by atoms with van der Waals surface area (Å²) in [6.45, 7) is 2.00. The second-order valence-electron chi connectivity index (χ2n) is 7.06. The quantitative estimate of drug-likeness (QED) is 0.413. The molecule has 1 heterocycles. The Kier molecular flexibility index (Phi) is 5.37. The minimum Gasteiger partial charge on any atom is -0.497 e. The number of benzene rings is 3. The number of fused-ring (bicyclic) bond motifs is 1. The van der Waals surface area contributed by atoms with Crippen LogP contribution in [0.4, 0.5) is 15.8 Å². The third-order valence-electron chi connectivity index (χ3n) is 5.18. The molecule has 3 aromatic carbocycles. The highest BCUT2D eigenvalue weighted by Crippen LogP contribution is 2.41. The van der Waals surface area contributed by atoms with Gasteiger partial charge in [0, 0.05) is 17.5 Å². The Bertz CT molecular complexity index is 1300. The predicted molar refractivity (Wildman–Crippen MR) is 117 cm³/mol. The van der Waals surface area contributed by atoms with Gasteiger partial charge in [-0.25, -0.2) is 12.8 Å². The lowest BCUT2D eigenvalue weighted by atomic mass is 10.1. The molecule has 0 atom stereocenters. The van der Waals surface area contributed by atoms with Crippen molar-refractivity contribution in [3.05, 3.63) is 94.8 Å². The van der Waals surface area contributed by atoms with Crippen LogP contribution in [0.1, 0.15) is 22.8 Å². The first kappa shape index (κ1) is 20.8. The van der Waals surface area contributed by atoms with Crippen LogP contribution in [-0.4, -0.2) is 21.3 Å². The maximum Gasteiger partial charge on any atom is 0.214 e. The number of allylic oxidation sites excluding steroid dienone is 1. The Morgan fingerprint density at radius 1 is 1.03 bits per heavy atom. The van der Waals surface area contributed by atoms with Gasteiger partial charge in [0.2, 0.25) is 15.6 Å². The summed E-state index contributed by atoms with van der Waals surface area (Å²) in [5.74, 6) is -0.658. The molecule has 0 bridgehead atoms. The van der Waals surface area contributed by atoms with Crippen molar-refractivity contribution in [2.75, 3.05) is 12.0 Å². The molecule has 5 nitrogen and oxygen atoms in total. The Labute approximate surface area is 180 Å². The van der Waals surface area contributed by atoms with Crippen LogP contribution < -0.4 is 9.64 Å². The summed E-state index contributed by atoms with van der Waals surface area (Å²) in [6, 6.07) is 17.1. The van der Waals surface area contributed by atoms with E-state index >= 15 is 0 Å². The number of halogens is 1. The molecule has 0 saturated carbocycles. The molecular formula is C24H20FNO4S. The minimum atomic E-state index is -4.15. The molecule has 0 amide bonds. The van der Waals surface area contributed by atoms with Gasteiger partial charge in [-0.15, -0.1) is 0 Å². The highest BCUT2D eigenvalue weighted by Gasteiger charge is 2.36. The van der Waals surface area contributed by atoms with Gasteiger partial charge in [-0.3, -0.25) is 4.79 Å². The Balaban J connectivity index is 1.90. The summed E-state index contributed by atoms with van der Waals surface area (Å²) in [4.78, 5) is 14.3. The molecule has 0 radical (unpaired) electrons. The molecule has 31 heavy (non-hydrogen) atoms. The van der Waals surface area contributed by atoms with Gasteiger partial charge in [-0.05, 0) is 66.6 Å². The monoisotopic (exact) mass is 437 g/mol. The summed E-state index contributed by atoms with van der Waals surface area (Å²) in [6.07, 6.45) is 2.05. The second kappa shape index (κ2) is 8.00. The number of sulfone groups is 1. The average Bonchev–Trinajstić information content (AvgIpc) is 2.78. The zero-order valence-corrected chi connectivity index (χ0v) is 17.8. The normalized spacial score (nSPS) is 14.5. The first-order valence-corrected chi connectivity index (χ1v) is 11.2. The summed E-state index contributed by atoms with van der Waals surface area (Å²) in [5, 5.41) is 0. The minimum absolute atomic E-state index is 0.116. The lowest BCUT2D eigenvalue weighted by molar-refractivity contribution is 0.104. The number of methoxy groups -OCH3 is 1. The number of rotatable bonds is 5. The van der Waals surface area contributed by atoms with Crippen LogP contribution in [0.15, 0.2) is 82.7 Å². The fraction of sp³-hybridized carbons (Fsp3) is 0.125. The first-order valence-electron chi connectivity index (χ1n) is 9.68. The first-order chi connectivity index (χ1) is 14.8. The SMILES string of the molecule is CCc1cccc(N2C=C(C(=O)c3ccc(OC)cc3)S(=O)(=O)c3ccc(F)cc32)c1. The highest BCUT2D eigenvalue weighted by atomic mass is 32.2. The van der Waals surface area contributed by atoms with Gasteiger partial charge >= 0.3 is 0 Å². The Hall–Kier alpha value is -3.45. The Morgan fingerprint density at radius 2 is 1.77 bits per heavy atom. The third kappa shape index (κ3) is 3.72. The number of Topliss-reactive ketones (excluding diaryl/α,β-unsaturated/α-hetero) is 1. The van der Waals surface area contributed by atoms with E-state index in [4.69, 9.17) is 4.74 Å². The number of ketones is 1. The second-order valence-corrected chi connectivity index (χ2v) is 8.95. The van der Waals surface area contributed by atoms with Gasteiger partial charge in [0.15, 0.2) is 0 Å². The van der Waals surface area contributed by atoms with E-state index in [0.717, 1.165) is 24.1 Å². The number of hydrogen-bond acceptors (Lipinski definition) is 5. The van der Waals surface area contributed by atoms with E-state index in [9.17, 15) is 17.6 Å². The van der Waals surface area contributed by atoms with Crippen LogP contribution in [0.25, 0.3) is 0 Å². The number of aryl methyl sites for hydroxylation is 1. The maximum atomic E-state index is 14.1. The largest absolute Gasteiger partial charge is 0.497 e.